The number of carbonyl (C=O) groups excluding carboxylic acids is 1. The summed E-state index contributed by atoms with van der Waals surface area (Å²) in [5.41, 5.74) is -0.858. The summed E-state index contributed by atoms with van der Waals surface area (Å²) in [6.07, 6.45) is 4.73. The zero-order chi connectivity index (χ0) is 16.4. The fraction of sp³-hybridized carbons (Fsp3) is 0.467. The SMILES string of the molecule is CCOC(=O)c1c(O)c(-c2nccs2)nn(CCC2CC2)c1=O. The van der Waals surface area contributed by atoms with Gasteiger partial charge in [-0.2, -0.15) is 5.10 Å². The number of esters is 1. The third-order valence-electron chi connectivity index (χ3n) is 3.69. The van der Waals surface area contributed by atoms with Crippen molar-refractivity contribution >= 4 is 17.3 Å². The molecule has 0 amide bonds. The minimum Gasteiger partial charge on any atom is -0.505 e. The number of thiazole rings is 1. The van der Waals surface area contributed by atoms with Crippen LogP contribution < -0.4 is 5.56 Å². The molecule has 1 fully saturated rings. The zero-order valence-corrected chi connectivity index (χ0v) is 13.5. The van der Waals surface area contributed by atoms with Crippen LogP contribution >= 0.6 is 11.3 Å². The van der Waals surface area contributed by atoms with Gasteiger partial charge in [-0.1, -0.05) is 12.8 Å². The minimum absolute atomic E-state index is 0.120. The van der Waals surface area contributed by atoms with E-state index in [-0.39, 0.29) is 17.9 Å². The quantitative estimate of drug-likeness (QED) is 0.812. The van der Waals surface area contributed by atoms with Gasteiger partial charge in [0.05, 0.1) is 6.61 Å². The van der Waals surface area contributed by atoms with Crippen molar-refractivity contribution in [3.63, 3.8) is 0 Å². The van der Waals surface area contributed by atoms with Gasteiger partial charge in [-0.05, 0) is 19.3 Å². The van der Waals surface area contributed by atoms with Crippen molar-refractivity contribution in [2.24, 2.45) is 5.92 Å². The number of hydrogen-bond donors (Lipinski definition) is 1. The molecule has 0 atom stereocenters. The summed E-state index contributed by atoms with van der Waals surface area (Å²) >= 11 is 1.27. The van der Waals surface area contributed by atoms with E-state index in [0.717, 1.165) is 19.3 Å². The van der Waals surface area contributed by atoms with Gasteiger partial charge in [0.25, 0.3) is 5.56 Å². The fourth-order valence-corrected chi connectivity index (χ4v) is 2.92. The lowest BCUT2D eigenvalue weighted by Gasteiger charge is -2.11. The molecule has 0 aliphatic heterocycles. The first-order chi connectivity index (χ1) is 11.1. The predicted molar refractivity (Wildman–Crippen MR) is 84.6 cm³/mol. The van der Waals surface area contributed by atoms with Crippen LogP contribution in [0.2, 0.25) is 0 Å². The molecule has 122 valence electrons. The molecule has 0 spiro atoms. The smallest absolute Gasteiger partial charge is 0.347 e. The van der Waals surface area contributed by atoms with Crippen molar-refractivity contribution in [2.75, 3.05) is 6.61 Å². The molecule has 23 heavy (non-hydrogen) atoms. The Kier molecular flexibility index (Phi) is 4.42. The van der Waals surface area contributed by atoms with Crippen LogP contribution in [0.5, 0.6) is 5.75 Å². The second kappa shape index (κ2) is 6.49. The van der Waals surface area contributed by atoms with Gasteiger partial charge in [-0.25, -0.2) is 14.5 Å². The largest absolute Gasteiger partial charge is 0.505 e. The van der Waals surface area contributed by atoms with Gasteiger partial charge in [0.2, 0.25) is 0 Å². The summed E-state index contributed by atoms with van der Waals surface area (Å²) in [5.74, 6) is -0.687. The highest BCUT2D eigenvalue weighted by atomic mass is 32.1. The van der Waals surface area contributed by atoms with E-state index in [1.165, 1.54) is 16.0 Å². The summed E-state index contributed by atoms with van der Waals surface area (Å²) in [4.78, 5) is 28.7. The number of aromatic nitrogens is 3. The Hall–Kier alpha value is -2.22. The Morgan fingerprint density at radius 2 is 2.30 bits per heavy atom. The molecule has 1 N–H and O–H groups in total. The lowest BCUT2D eigenvalue weighted by Crippen LogP contribution is -2.30. The van der Waals surface area contributed by atoms with Crippen molar-refractivity contribution in [3.05, 3.63) is 27.5 Å². The van der Waals surface area contributed by atoms with Crippen molar-refractivity contribution in [1.82, 2.24) is 14.8 Å². The summed E-state index contributed by atoms with van der Waals surface area (Å²) in [7, 11) is 0. The standard InChI is InChI=1S/C15H17N3O4S/c1-2-22-15(21)10-12(19)11(13-16-6-8-23-13)17-18(14(10)20)7-5-9-3-4-9/h6,8-9,19H,2-5,7H2,1H3. The summed E-state index contributed by atoms with van der Waals surface area (Å²) < 4.78 is 6.13. The van der Waals surface area contributed by atoms with E-state index in [1.807, 2.05) is 0 Å². The molecule has 7 nitrogen and oxygen atoms in total. The molecule has 2 aromatic rings. The van der Waals surface area contributed by atoms with Crippen LogP contribution in [0.4, 0.5) is 0 Å². The second-order valence-corrected chi connectivity index (χ2v) is 6.28. The van der Waals surface area contributed by atoms with Crippen LogP contribution in [0.3, 0.4) is 0 Å². The van der Waals surface area contributed by atoms with Crippen LogP contribution in [0.15, 0.2) is 16.4 Å². The van der Waals surface area contributed by atoms with Gasteiger partial charge >= 0.3 is 5.97 Å². The summed E-state index contributed by atoms with van der Waals surface area (Å²) in [6.45, 7) is 2.17. The molecule has 0 bridgehead atoms. The Morgan fingerprint density at radius 3 is 2.91 bits per heavy atom. The number of aryl methyl sites for hydroxylation is 1. The predicted octanol–water partition coefficient (Wildman–Crippen LogP) is 2.05. The third-order valence-corrected chi connectivity index (χ3v) is 4.47. The Labute approximate surface area is 136 Å². The monoisotopic (exact) mass is 335 g/mol. The topological polar surface area (TPSA) is 94.3 Å². The second-order valence-electron chi connectivity index (χ2n) is 5.39. The highest BCUT2D eigenvalue weighted by Gasteiger charge is 2.27. The third kappa shape index (κ3) is 3.26. The zero-order valence-electron chi connectivity index (χ0n) is 12.7. The molecule has 0 unspecified atom stereocenters. The van der Waals surface area contributed by atoms with E-state index in [1.54, 1.807) is 18.5 Å². The molecule has 1 aliphatic rings. The van der Waals surface area contributed by atoms with Crippen molar-refractivity contribution in [3.8, 4) is 16.5 Å². The normalized spacial score (nSPS) is 14.0. The lowest BCUT2D eigenvalue weighted by atomic mass is 10.2. The Balaban J connectivity index is 2.08. The van der Waals surface area contributed by atoms with E-state index >= 15 is 0 Å². The molecule has 2 aromatic heterocycles. The molecule has 0 saturated heterocycles. The van der Waals surface area contributed by atoms with Crippen LogP contribution in [0.1, 0.15) is 36.5 Å². The van der Waals surface area contributed by atoms with E-state index in [9.17, 15) is 14.7 Å². The highest BCUT2D eigenvalue weighted by Crippen LogP contribution is 2.33. The van der Waals surface area contributed by atoms with Crippen LogP contribution in [-0.4, -0.2) is 32.4 Å². The lowest BCUT2D eigenvalue weighted by molar-refractivity contribution is 0.0519. The van der Waals surface area contributed by atoms with Gasteiger partial charge < -0.3 is 9.84 Å². The molecule has 8 heteroatoms. The number of nitrogens with zero attached hydrogens (tertiary/aromatic N) is 3. The van der Waals surface area contributed by atoms with Crippen molar-refractivity contribution < 1.29 is 14.6 Å². The van der Waals surface area contributed by atoms with Gasteiger partial charge in [0, 0.05) is 18.1 Å². The number of ether oxygens (including phenoxy) is 1. The number of carbonyl (C=O) groups is 1. The van der Waals surface area contributed by atoms with Gasteiger partial charge in [-0.3, -0.25) is 4.79 Å². The first kappa shape index (κ1) is 15.7. The maximum Gasteiger partial charge on any atom is 0.347 e. The molecule has 0 radical (unpaired) electrons. The molecule has 1 aliphatic carbocycles. The van der Waals surface area contributed by atoms with E-state index in [4.69, 9.17) is 4.74 Å². The van der Waals surface area contributed by atoms with E-state index < -0.39 is 17.3 Å². The van der Waals surface area contributed by atoms with E-state index in [0.29, 0.717) is 17.5 Å². The average Bonchev–Trinajstić information content (AvgIpc) is 3.19. The van der Waals surface area contributed by atoms with Gasteiger partial charge in [0.15, 0.2) is 17.0 Å². The van der Waals surface area contributed by atoms with Crippen LogP contribution in [0, 0.1) is 5.92 Å². The first-order valence-electron chi connectivity index (χ1n) is 7.52. The van der Waals surface area contributed by atoms with Crippen molar-refractivity contribution in [2.45, 2.75) is 32.7 Å². The molecule has 3 rings (SSSR count). The minimum atomic E-state index is -0.838. The van der Waals surface area contributed by atoms with Crippen LogP contribution in [-0.2, 0) is 11.3 Å². The van der Waals surface area contributed by atoms with Crippen LogP contribution in [0.25, 0.3) is 10.7 Å². The Morgan fingerprint density at radius 1 is 1.52 bits per heavy atom. The van der Waals surface area contributed by atoms with Crippen molar-refractivity contribution in [1.29, 1.82) is 0 Å². The molecular weight excluding hydrogens is 318 g/mol. The average molecular weight is 335 g/mol. The molecule has 2 heterocycles. The molecular formula is C15H17N3O4S. The summed E-state index contributed by atoms with van der Waals surface area (Å²) in [5, 5.41) is 16.7. The maximum atomic E-state index is 12.5. The molecule has 0 aromatic carbocycles. The summed E-state index contributed by atoms with van der Waals surface area (Å²) in [6, 6.07) is 0. The fourth-order valence-electron chi connectivity index (χ4n) is 2.30. The number of hydrogen-bond acceptors (Lipinski definition) is 7. The Bertz CT molecular complexity index is 766. The van der Waals surface area contributed by atoms with E-state index in [2.05, 4.69) is 10.1 Å². The molecule has 1 saturated carbocycles. The van der Waals surface area contributed by atoms with Gasteiger partial charge in [0.1, 0.15) is 5.01 Å². The number of aromatic hydroxyl groups is 1. The highest BCUT2D eigenvalue weighted by molar-refractivity contribution is 7.13. The van der Waals surface area contributed by atoms with Gasteiger partial charge in [-0.15, -0.1) is 11.3 Å². The maximum absolute atomic E-state index is 12.5. The first-order valence-corrected chi connectivity index (χ1v) is 8.40. The number of rotatable bonds is 6.